The Hall–Kier alpha value is 0.310. The molecule has 1 heterocycles. The predicted molar refractivity (Wildman–Crippen MR) is 43.7 cm³/mol. The van der Waals surface area contributed by atoms with Crippen LogP contribution in [0.2, 0.25) is 0 Å². The first-order chi connectivity index (χ1) is 4.13. The lowest BCUT2D eigenvalue weighted by Crippen LogP contribution is -2.30. The fourth-order valence-electron chi connectivity index (χ4n) is 1.18. The van der Waals surface area contributed by atoms with E-state index in [1.807, 2.05) is 0 Å². The zero-order valence-electron chi connectivity index (χ0n) is 6.59. The zero-order chi connectivity index (χ0) is 7.02. The zero-order valence-corrected chi connectivity index (χ0v) is 7.40. The highest BCUT2D eigenvalue weighted by Crippen LogP contribution is 2.32. The van der Waals surface area contributed by atoms with Gasteiger partial charge in [0.1, 0.15) is 0 Å². The van der Waals surface area contributed by atoms with Gasteiger partial charge in [0.25, 0.3) is 0 Å². The minimum atomic E-state index is 0.718. The summed E-state index contributed by atoms with van der Waals surface area (Å²) in [5.74, 6) is 0. The number of rotatable bonds is 0. The maximum absolute atomic E-state index is 2.43. The number of thioether (sulfide) groups is 1. The second-order valence-electron chi connectivity index (χ2n) is 2.85. The fraction of sp³-hybridized carbons (Fsp3) is 1.00. The smallest absolute Gasteiger partial charge is 0.0532 e. The van der Waals surface area contributed by atoms with Crippen LogP contribution in [0, 0.1) is 0 Å². The van der Waals surface area contributed by atoms with Crippen molar-refractivity contribution in [1.82, 2.24) is 4.90 Å². The van der Waals surface area contributed by atoms with Gasteiger partial charge in [-0.3, -0.25) is 4.90 Å². The molecule has 3 unspecified atom stereocenters. The van der Waals surface area contributed by atoms with Crippen molar-refractivity contribution >= 4 is 11.8 Å². The van der Waals surface area contributed by atoms with Gasteiger partial charge >= 0.3 is 0 Å². The minimum Gasteiger partial charge on any atom is -0.291 e. The summed E-state index contributed by atoms with van der Waals surface area (Å²) in [5.41, 5.74) is 0. The first kappa shape index (κ1) is 7.42. The van der Waals surface area contributed by atoms with Gasteiger partial charge in [0.05, 0.1) is 5.37 Å². The molecule has 1 aliphatic rings. The van der Waals surface area contributed by atoms with Gasteiger partial charge in [-0.05, 0) is 20.9 Å². The van der Waals surface area contributed by atoms with Crippen LogP contribution in [0.1, 0.15) is 20.8 Å². The summed E-state index contributed by atoms with van der Waals surface area (Å²) >= 11 is 2.06. The third kappa shape index (κ3) is 1.24. The molecule has 1 aliphatic heterocycles. The maximum Gasteiger partial charge on any atom is 0.0532 e. The Labute approximate surface area is 61.8 Å². The molecule has 0 aromatic rings. The van der Waals surface area contributed by atoms with Crippen LogP contribution in [-0.4, -0.2) is 28.6 Å². The average Bonchev–Trinajstić information content (AvgIpc) is 1.98. The van der Waals surface area contributed by atoms with Crippen molar-refractivity contribution in [3.8, 4) is 0 Å². The van der Waals surface area contributed by atoms with Crippen LogP contribution in [0.4, 0.5) is 0 Å². The summed E-state index contributed by atoms with van der Waals surface area (Å²) in [6, 6.07) is 0.755. The Kier molecular flexibility index (Phi) is 2.07. The molecule has 0 N–H and O–H groups in total. The van der Waals surface area contributed by atoms with E-state index in [9.17, 15) is 0 Å². The van der Waals surface area contributed by atoms with Crippen LogP contribution in [0.5, 0.6) is 0 Å². The SMILES string of the molecule is CC1SC(C)N(C)C1C. The second kappa shape index (κ2) is 2.51. The van der Waals surface area contributed by atoms with Crippen LogP contribution < -0.4 is 0 Å². The van der Waals surface area contributed by atoms with Crippen LogP contribution in [0.15, 0.2) is 0 Å². The van der Waals surface area contributed by atoms with E-state index in [-0.39, 0.29) is 0 Å². The molecule has 0 aromatic carbocycles. The Morgan fingerprint density at radius 1 is 1.22 bits per heavy atom. The molecule has 0 amide bonds. The lowest BCUT2D eigenvalue weighted by Gasteiger charge is -2.18. The third-order valence-corrected chi connectivity index (χ3v) is 3.86. The van der Waals surface area contributed by atoms with Gasteiger partial charge in [-0.1, -0.05) is 6.92 Å². The monoisotopic (exact) mass is 145 g/mol. The van der Waals surface area contributed by atoms with Gasteiger partial charge in [-0.25, -0.2) is 0 Å². The molecule has 3 atom stereocenters. The van der Waals surface area contributed by atoms with Crippen molar-refractivity contribution in [2.75, 3.05) is 7.05 Å². The van der Waals surface area contributed by atoms with E-state index in [0.717, 1.165) is 16.7 Å². The van der Waals surface area contributed by atoms with E-state index in [2.05, 4.69) is 44.5 Å². The molecule has 0 aromatic heterocycles. The van der Waals surface area contributed by atoms with Crippen molar-refractivity contribution in [2.24, 2.45) is 0 Å². The topological polar surface area (TPSA) is 3.24 Å². The molecule has 0 bridgehead atoms. The molecular weight excluding hydrogens is 130 g/mol. The predicted octanol–water partition coefficient (Wildman–Crippen LogP) is 1.79. The van der Waals surface area contributed by atoms with Gasteiger partial charge in [0.15, 0.2) is 0 Å². The van der Waals surface area contributed by atoms with Crippen molar-refractivity contribution in [3.05, 3.63) is 0 Å². The third-order valence-electron chi connectivity index (χ3n) is 2.31. The number of nitrogens with zero attached hydrogens (tertiary/aromatic N) is 1. The van der Waals surface area contributed by atoms with E-state index in [0.29, 0.717) is 0 Å². The summed E-state index contributed by atoms with van der Waals surface area (Å²) in [5, 5.41) is 1.53. The first-order valence-electron chi connectivity index (χ1n) is 3.50. The van der Waals surface area contributed by atoms with Gasteiger partial charge in [-0.15, -0.1) is 11.8 Å². The molecule has 0 radical (unpaired) electrons. The number of hydrogen-bond donors (Lipinski definition) is 0. The fourth-order valence-corrected chi connectivity index (χ4v) is 2.61. The summed E-state index contributed by atoms with van der Waals surface area (Å²) in [6.07, 6.45) is 0. The Morgan fingerprint density at radius 3 is 1.89 bits per heavy atom. The molecule has 1 rings (SSSR count). The Balaban J connectivity index is 2.54. The van der Waals surface area contributed by atoms with E-state index < -0.39 is 0 Å². The van der Waals surface area contributed by atoms with E-state index in [1.165, 1.54) is 0 Å². The van der Waals surface area contributed by atoms with E-state index >= 15 is 0 Å². The first-order valence-corrected chi connectivity index (χ1v) is 4.44. The summed E-state index contributed by atoms with van der Waals surface area (Å²) in [6.45, 7) is 6.86. The summed E-state index contributed by atoms with van der Waals surface area (Å²) in [7, 11) is 2.20. The summed E-state index contributed by atoms with van der Waals surface area (Å²) < 4.78 is 0. The molecule has 1 fully saturated rings. The van der Waals surface area contributed by atoms with Gasteiger partial charge in [0.2, 0.25) is 0 Å². The molecule has 1 nitrogen and oxygen atoms in total. The quantitative estimate of drug-likeness (QED) is 0.511. The molecule has 2 heteroatoms. The normalized spacial score (nSPS) is 46.0. The minimum absolute atomic E-state index is 0.718. The Morgan fingerprint density at radius 2 is 1.78 bits per heavy atom. The van der Waals surface area contributed by atoms with E-state index in [1.54, 1.807) is 0 Å². The van der Waals surface area contributed by atoms with Gasteiger partial charge in [-0.2, -0.15) is 0 Å². The Bertz CT molecular complexity index is 93.1. The molecule has 1 saturated heterocycles. The van der Waals surface area contributed by atoms with E-state index in [4.69, 9.17) is 0 Å². The van der Waals surface area contributed by atoms with Crippen molar-refractivity contribution in [3.63, 3.8) is 0 Å². The molecule has 0 saturated carbocycles. The van der Waals surface area contributed by atoms with Crippen LogP contribution in [0.25, 0.3) is 0 Å². The standard InChI is InChI=1S/C7H15NS/c1-5-6(2)9-7(3)8(5)4/h5-7H,1-4H3. The largest absolute Gasteiger partial charge is 0.291 e. The van der Waals surface area contributed by atoms with Crippen LogP contribution in [-0.2, 0) is 0 Å². The van der Waals surface area contributed by atoms with Gasteiger partial charge in [0, 0.05) is 11.3 Å². The summed E-state index contributed by atoms with van der Waals surface area (Å²) in [4.78, 5) is 2.43. The molecule has 0 aliphatic carbocycles. The number of hydrogen-bond acceptors (Lipinski definition) is 2. The van der Waals surface area contributed by atoms with Crippen molar-refractivity contribution in [2.45, 2.75) is 37.4 Å². The molecule has 54 valence electrons. The van der Waals surface area contributed by atoms with Gasteiger partial charge < -0.3 is 0 Å². The second-order valence-corrected chi connectivity index (χ2v) is 4.54. The molecule has 9 heavy (non-hydrogen) atoms. The highest BCUT2D eigenvalue weighted by molar-refractivity contribution is 8.00. The highest BCUT2D eigenvalue weighted by Gasteiger charge is 2.30. The lowest BCUT2D eigenvalue weighted by atomic mass is 10.2. The molecular formula is C7H15NS. The van der Waals surface area contributed by atoms with Crippen molar-refractivity contribution in [1.29, 1.82) is 0 Å². The maximum atomic E-state index is 2.43. The van der Waals surface area contributed by atoms with Crippen LogP contribution in [0.3, 0.4) is 0 Å². The molecule has 0 spiro atoms. The highest BCUT2D eigenvalue weighted by atomic mass is 32.2. The van der Waals surface area contributed by atoms with Crippen LogP contribution >= 0.6 is 11.8 Å². The average molecular weight is 145 g/mol. The lowest BCUT2D eigenvalue weighted by molar-refractivity contribution is 0.274. The van der Waals surface area contributed by atoms with Crippen molar-refractivity contribution < 1.29 is 0 Å².